The topological polar surface area (TPSA) is 38.8 Å². The number of amides is 1. The molecule has 1 aromatic rings. The maximum absolute atomic E-state index is 12.1. The van der Waals surface area contributed by atoms with E-state index in [1.54, 1.807) is 12.0 Å². The van der Waals surface area contributed by atoms with Gasteiger partial charge in [-0.25, -0.2) is 0 Å². The summed E-state index contributed by atoms with van der Waals surface area (Å²) in [5, 5.41) is 0. The van der Waals surface area contributed by atoms with E-state index >= 15 is 0 Å². The lowest BCUT2D eigenvalue weighted by Crippen LogP contribution is -2.36. The molecule has 0 unspecified atom stereocenters. The van der Waals surface area contributed by atoms with Gasteiger partial charge in [0.1, 0.15) is 18.4 Å². The van der Waals surface area contributed by atoms with Crippen LogP contribution in [0.5, 0.6) is 5.75 Å². The lowest BCUT2D eigenvalue weighted by Gasteiger charge is -2.27. The average Bonchev–Trinajstić information content (AvgIpc) is 2.46. The van der Waals surface area contributed by atoms with E-state index in [0.29, 0.717) is 5.75 Å². The van der Waals surface area contributed by atoms with E-state index < -0.39 is 0 Å². The van der Waals surface area contributed by atoms with Gasteiger partial charge in [-0.15, -0.1) is 11.6 Å². The van der Waals surface area contributed by atoms with Crippen molar-refractivity contribution in [2.45, 2.75) is 33.3 Å². The molecule has 1 aromatic carbocycles. The van der Waals surface area contributed by atoms with Crippen LogP contribution in [0.3, 0.4) is 0 Å². The number of aryl methyl sites for hydroxylation is 1. The molecule has 0 bridgehead atoms. The van der Waals surface area contributed by atoms with Crippen LogP contribution in [0.4, 0.5) is 5.69 Å². The Morgan fingerprint density at radius 2 is 2.10 bits per heavy atom. The van der Waals surface area contributed by atoms with Crippen LogP contribution in [-0.4, -0.2) is 31.7 Å². The monoisotopic (exact) mass is 299 g/mol. The van der Waals surface area contributed by atoms with Crippen LogP contribution in [0.25, 0.3) is 0 Å². The molecule has 5 heteroatoms. The summed E-state index contributed by atoms with van der Waals surface area (Å²) < 4.78 is 10.9. The van der Waals surface area contributed by atoms with Gasteiger partial charge in [-0.2, -0.15) is 0 Å². The maximum Gasteiger partial charge on any atom is 0.243 e. The fourth-order valence-electron chi connectivity index (χ4n) is 1.88. The third kappa shape index (κ3) is 4.12. The number of alkyl halides is 1. The van der Waals surface area contributed by atoms with Crippen LogP contribution in [0.2, 0.25) is 0 Å². The van der Waals surface area contributed by atoms with Crippen molar-refractivity contribution in [2.24, 2.45) is 0 Å². The predicted octanol–water partition coefficient (Wildman–Crippen LogP) is 3.21. The second-order valence-electron chi connectivity index (χ2n) is 4.62. The minimum absolute atomic E-state index is 0.0282. The van der Waals surface area contributed by atoms with Crippen molar-refractivity contribution in [1.82, 2.24) is 0 Å². The highest BCUT2D eigenvalue weighted by molar-refractivity contribution is 6.29. The molecule has 0 saturated heterocycles. The number of ether oxygens (including phenoxy) is 2. The first-order chi connectivity index (χ1) is 9.54. The molecule has 0 radical (unpaired) electrons. The Labute approximate surface area is 125 Å². The van der Waals surface area contributed by atoms with Crippen LogP contribution in [0.15, 0.2) is 18.2 Å². The fourth-order valence-corrected chi connectivity index (χ4v) is 2.03. The van der Waals surface area contributed by atoms with Gasteiger partial charge in [-0.1, -0.05) is 19.1 Å². The Bertz CT molecular complexity index is 426. The van der Waals surface area contributed by atoms with Crippen molar-refractivity contribution >= 4 is 23.2 Å². The number of halogens is 1. The lowest BCUT2D eigenvalue weighted by atomic mass is 10.1. The number of carbonyl (C=O) groups is 1. The normalized spacial score (nSPS) is 10.7. The molecule has 1 amide bonds. The third-order valence-electron chi connectivity index (χ3n) is 2.91. The molecule has 20 heavy (non-hydrogen) atoms. The summed E-state index contributed by atoms with van der Waals surface area (Å²) in [7, 11) is 1.59. The number of methoxy groups -OCH3 is 1. The molecule has 1 rings (SSSR count). The van der Waals surface area contributed by atoms with E-state index in [1.807, 2.05) is 39.0 Å². The number of hydrogen-bond acceptors (Lipinski definition) is 3. The quantitative estimate of drug-likeness (QED) is 0.573. The number of anilines is 1. The van der Waals surface area contributed by atoms with Gasteiger partial charge in [-0.3, -0.25) is 9.69 Å². The van der Waals surface area contributed by atoms with Crippen molar-refractivity contribution in [3.05, 3.63) is 23.8 Å². The smallest absolute Gasteiger partial charge is 0.243 e. The molecule has 4 nitrogen and oxygen atoms in total. The molecule has 0 heterocycles. The van der Waals surface area contributed by atoms with Crippen molar-refractivity contribution in [3.8, 4) is 5.75 Å². The Kier molecular flexibility index (Phi) is 6.82. The van der Waals surface area contributed by atoms with E-state index in [1.165, 1.54) is 0 Å². The number of benzene rings is 1. The molecule has 0 spiro atoms. The molecule has 0 aliphatic carbocycles. The van der Waals surface area contributed by atoms with E-state index in [2.05, 4.69) is 0 Å². The SMILES string of the molecule is CCc1cccc(OC)c1N(COC(C)C)C(=O)CCl. The highest BCUT2D eigenvalue weighted by Gasteiger charge is 2.22. The Balaban J connectivity index is 3.20. The maximum atomic E-state index is 12.1. The van der Waals surface area contributed by atoms with Gasteiger partial charge in [0, 0.05) is 0 Å². The number of hydrogen-bond donors (Lipinski definition) is 0. The summed E-state index contributed by atoms with van der Waals surface area (Å²) in [6, 6.07) is 5.72. The molecule has 112 valence electrons. The average molecular weight is 300 g/mol. The standard InChI is InChI=1S/C15H22ClNO3/c1-5-12-7-6-8-13(19-4)15(12)17(14(18)9-16)10-20-11(2)3/h6-8,11H,5,9-10H2,1-4H3. The molecule has 0 fully saturated rings. The Hall–Kier alpha value is -1.26. The van der Waals surface area contributed by atoms with Crippen LogP contribution < -0.4 is 9.64 Å². The van der Waals surface area contributed by atoms with Crippen molar-refractivity contribution < 1.29 is 14.3 Å². The molecule has 0 aliphatic heterocycles. The molecular formula is C15H22ClNO3. The first-order valence-corrected chi connectivity index (χ1v) is 7.22. The minimum Gasteiger partial charge on any atom is -0.495 e. The number of nitrogens with zero attached hydrogens (tertiary/aromatic N) is 1. The zero-order valence-electron chi connectivity index (χ0n) is 12.5. The van der Waals surface area contributed by atoms with Crippen LogP contribution in [-0.2, 0) is 16.0 Å². The largest absolute Gasteiger partial charge is 0.495 e. The first-order valence-electron chi connectivity index (χ1n) is 6.68. The number of rotatable bonds is 7. The van der Waals surface area contributed by atoms with Gasteiger partial charge in [-0.05, 0) is 31.9 Å². The first kappa shape index (κ1) is 16.8. The number of carbonyl (C=O) groups excluding carboxylic acids is 1. The minimum atomic E-state index is -0.202. The van der Waals surface area contributed by atoms with Crippen molar-refractivity contribution in [1.29, 1.82) is 0 Å². The summed E-state index contributed by atoms with van der Waals surface area (Å²) >= 11 is 5.72. The Morgan fingerprint density at radius 3 is 2.60 bits per heavy atom. The van der Waals surface area contributed by atoms with Crippen molar-refractivity contribution in [3.63, 3.8) is 0 Å². The van der Waals surface area contributed by atoms with E-state index in [0.717, 1.165) is 17.7 Å². The number of para-hydroxylation sites is 1. The zero-order valence-corrected chi connectivity index (χ0v) is 13.2. The molecule has 0 saturated carbocycles. The zero-order chi connectivity index (χ0) is 15.1. The van der Waals surface area contributed by atoms with E-state index in [4.69, 9.17) is 21.1 Å². The molecular weight excluding hydrogens is 278 g/mol. The lowest BCUT2D eigenvalue weighted by molar-refractivity contribution is -0.117. The van der Waals surface area contributed by atoms with Crippen LogP contribution in [0.1, 0.15) is 26.3 Å². The molecule has 0 aromatic heterocycles. The second-order valence-corrected chi connectivity index (χ2v) is 4.89. The van der Waals surface area contributed by atoms with Gasteiger partial charge in [0.2, 0.25) is 5.91 Å². The third-order valence-corrected chi connectivity index (χ3v) is 3.13. The highest BCUT2D eigenvalue weighted by Crippen LogP contribution is 2.33. The van der Waals surface area contributed by atoms with Gasteiger partial charge in [0.05, 0.1) is 18.9 Å². The predicted molar refractivity (Wildman–Crippen MR) is 81.7 cm³/mol. The van der Waals surface area contributed by atoms with Gasteiger partial charge in [0.15, 0.2) is 0 Å². The van der Waals surface area contributed by atoms with Gasteiger partial charge < -0.3 is 9.47 Å². The molecule has 0 aliphatic rings. The molecule has 0 atom stereocenters. The van der Waals surface area contributed by atoms with Gasteiger partial charge >= 0.3 is 0 Å². The molecule has 0 N–H and O–H groups in total. The van der Waals surface area contributed by atoms with Crippen molar-refractivity contribution in [2.75, 3.05) is 24.6 Å². The highest BCUT2D eigenvalue weighted by atomic mass is 35.5. The summed E-state index contributed by atoms with van der Waals surface area (Å²) in [6.07, 6.45) is 0.820. The summed E-state index contributed by atoms with van der Waals surface area (Å²) in [5.74, 6) is 0.351. The van der Waals surface area contributed by atoms with Gasteiger partial charge in [0.25, 0.3) is 0 Å². The fraction of sp³-hybridized carbons (Fsp3) is 0.533. The summed E-state index contributed by atoms with van der Waals surface area (Å²) in [4.78, 5) is 13.7. The Morgan fingerprint density at radius 1 is 1.40 bits per heavy atom. The van der Waals surface area contributed by atoms with Crippen LogP contribution >= 0.6 is 11.6 Å². The van der Waals surface area contributed by atoms with E-state index in [9.17, 15) is 4.79 Å². The van der Waals surface area contributed by atoms with Crippen LogP contribution in [0, 0.1) is 0 Å². The second kappa shape index (κ2) is 8.12. The summed E-state index contributed by atoms with van der Waals surface area (Å²) in [5.41, 5.74) is 1.76. The van der Waals surface area contributed by atoms with E-state index in [-0.39, 0.29) is 24.6 Å². The summed E-state index contributed by atoms with van der Waals surface area (Å²) in [6.45, 7) is 6.04.